The third-order valence-corrected chi connectivity index (χ3v) is 4.38. The van der Waals surface area contributed by atoms with E-state index in [1.54, 1.807) is 18.2 Å². The number of hydrogen-bond acceptors (Lipinski definition) is 4. The van der Waals surface area contributed by atoms with Crippen molar-refractivity contribution in [2.45, 2.75) is 25.3 Å². The normalized spacial score (nSPS) is 14.3. The minimum atomic E-state index is -0.339. The summed E-state index contributed by atoms with van der Waals surface area (Å²) < 4.78 is 5.12. The number of aromatic nitrogens is 3. The molecule has 1 aliphatic carbocycles. The van der Waals surface area contributed by atoms with Gasteiger partial charge in [0.1, 0.15) is 5.69 Å². The van der Waals surface area contributed by atoms with Gasteiger partial charge in [-0.1, -0.05) is 28.4 Å². The Hall–Kier alpha value is -2.05. The first-order valence-electron chi connectivity index (χ1n) is 7.19. The molecular weight excluding hydrogens is 339 g/mol. The molecule has 2 heterocycles. The zero-order valence-corrected chi connectivity index (χ0v) is 13.4. The fraction of sp³-hybridized carbons (Fsp3) is 0.267. The van der Waals surface area contributed by atoms with E-state index in [0.29, 0.717) is 33.1 Å². The molecule has 2 aromatic heterocycles. The van der Waals surface area contributed by atoms with Crippen molar-refractivity contribution in [3.05, 3.63) is 45.7 Å². The van der Waals surface area contributed by atoms with Gasteiger partial charge >= 0.3 is 0 Å². The molecule has 0 spiro atoms. The summed E-state index contributed by atoms with van der Waals surface area (Å²) in [6.07, 6.45) is 2.19. The monoisotopic (exact) mass is 350 g/mol. The number of rotatable bonds is 4. The highest BCUT2D eigenvalue weighted by Gasteiger charge is 2.28. The molecule has 4 rings (SSSR count). The van der Waals surface area contributed by atoms with Gasteiger partial charge in [0.05, 0.1) is 11.6 Å². The van der Waals surface area contributed by atoms with E-state index in [2.05, 4.69) is 20.4 Å². The van der Waals surface area contributed by atoms with Crippen molar-refractivity contribution < 1.29 is 9.32 Å². The van der Waals surface area contributed by atoms with Crippen LogP contribution in [0.2, 0.25) is 10.0 Å². The minimum Gasteiger partial charge on any atom is -0.349 e. The molecule has 0 atom stereocenters. The predicted octanol–water partition coefficient (Wildman–Crippen LogP) is 3.67. The van der Waals surface area contributed by atoms with Gasteiger partial charge in [-0.2, -0.15) is 4.98 Å². The van der Waals surface area contributed by atoms with Crippen molar-refractivity contribution in [1.82, 2.24) is 20.4 Å². The number of carbonyl (C=O) groups excluding carboxylic acids is 1. The number of benzene rings is 1. The molecule has 0 bridgehead atoms. The Labute approximate surface area is 141 Å². The molecule has 23 heavy (non-hydrogen) atoms. The van der Waals surface area contributed by atoms with Crippen LogP contribution >= 0.6 is 23.2 Å². The zero-order chi connectivity index (χ0) is 16.0. The van der Waals surface area contributed by atoms with Crippen LogP contribution in [0.25, 0.3) is 10.9 Å². The summed E-state index contributed by atoms with van der Waals surface area (Å²) in [5.74, 6) is 1.17. The van der Waals surface area contributed by atoms with Gasteiger partial charge in [-0.05, 0) is 31.0 Å². The molecule has 8 heteroatoms. The maximum atomic E-state index is 12.3. The van der Waals surface area contributed by atoms with E-state index in [1.807, 2.05) is 0 Å². The fourth-order valence-electron chi connectivity index (χ4n) is 2.38. The second kappa shape index (κ2) is 5.54. The van der Waals surface area contributed by atoms with Gasteiger partial charge in [-0.3, -0.25) is 4.79 Å². The summed E-state index contributed by atoms with van der Waals surface area (Å²) in [7, 11) is 0. The average molecular weight is 351 g/mol. The smallest absolute Gasteiger partial charge is 0.269 e. The SMILES string of the molecule is O=C(NCc1nc(C2CC2)no1)c1[nH]c2ccc(Cl)cc2c1Cl. The zero-order valence-electron chi connectivity index (χ0n) is 11.9. The number of nitrogens with one attached hydrogen (secondary N) is 2. The Balaban J connectivity index is 1.50. The molecule has 1 aromatic carbocycles. The number of nitrogens with zero attached hydrogens (tertiary/aromatic N) is 2. The molecule has 0 saturated heterocycles. The molecule has 1 fully saturated rings. The summed E-state index contributed by atoms with van der Waals surface area (Å²) in [4.78, 5) is 19.5. The van der Waals surface area contributed by atoms with Gasteiger partial charge in [0.2, 0.25) is 5.89 Å². The lowest BCUT2D eigenvalue weighted by Crippen LogP contribution is -2.23. The molecule has 118 valence electrons. The van der Waals surface area contributed by atoms with Crippen LogP contribution in [0.3, 0.4) is 0 Å². The lowest BCUT2D eigenvalue weighted by Gasteiger charge is -2.00. The molecule has 0 aliphatic heterocycles. The molecule has 3 aromatic rings. The van der Waals surface area contributed by atoms with Gasteiger partial charge in [-0.15, -0.1) is 0 Å². The summed E-state index contributed by atoms with van der Waals surface area (Å²) in [6, 6.07) is 5.23. The van der Waals surface area contributed by atoms with Crippen LogP contribution < -0.4 is 5.32 Å². The van der Waals surface area contributed by atoms with Crippen LogP contribution in [-0.2, 0) is 6.54 Å². The van der Waals surface area contributed by atoms with E-state index in [4.69, 9.17) is 27.7 Å². The van der Waals surface area contributed by atoms with E-state index in [0.717, 1.165) is 18.4 Å². The van der Waals surface area contributed by atoms with Crippen molar-refractivity contribution >= 4 is 40.0 Å². The number of fused-ring (bicyclic) bond motifs is 1. The molecule has 1 aliphatic rings. The van der Waals surface area contributed by atoms with Crippen molar-refractivity contribution in [1.29, 1.82) is 0 Å². The first-order chi connectivity index (χ1) is 11.1. The lowest BCUT2D eigenvalue weighted by molar-refractivity contribution is 0.0942. The Bertz CT molecular complexity index is 898. The number of H-pyrrole nitrogens is 1. The first-order valence-corrected chi connectivity index (χ1v) is 7.95. The van der Waals surface area contributed by atoms with E-state index in [9.17, 15) is 4.79 Å². The maximum absolute atomic E-state index is 12.3. The van der Waals surface area contributed by atoms with E-state index >= 15 is 0 Å². The van der Waals surface area contributed by atoms with E-state index < -0.39 is 0 Å². The van der Waals surface area contributed by atoms with Crippen LogP contribution in [0.1, 0.15) is 41.0 Å². The van der Waals surface area contributed by atoms with Crippen molar-refractivity contribution in [3.8, 4) is 0 Å². The van der Waals surface area contributed by atoms with Crippen molar-refractivity contribution in [3.63, 3.8) is 0 Å². The highest BCUT2D eigenvalue weighted by molar-refractivity contribution is 6.39. The van der Waals surface area contributed by atoms with Crippen LogP contribution in [-0.4, -0.2) is 21.0 Å². The number of hydrogen-bond donors (Lipinski definition) is 2. The van der Waals surface area contributed by atoms with Crippen LogP contribution in [0.4, 0.5) is 0 Å². The summed E-state index contributed by atoms with van der Waals surface area (Å²) in [5, 5.41) is 8.23. The van der Waals surface area contributed by atoms with E-state index in [-0.39, 0.29) is 18.1 Å². The third kappa shape index (κ3) is 2.80. The third-order valence-electron chi connectivity index (χ3n) is 3.75. The first kappa shape index (κ1) is 14.5. The van der Waals surface area contributed by atoms with Gasteiger partial charge in [0, 0.05) is 21.8 Å². The summed E-state index contributed by atoms with van der Waals surface area (Å²) in [6.45, 7) is 0.158. The van der Waals surface area contributed by atoms with E-state index in [1.165, 1.54) is 0 Å². The number of carbonyl (C=O) groups is 1. The van der Waals surface area contributed by atoms with Gasteiger partial charge < -0.3 is 14.8 Å². The van der Waals surface area contributed by atoms with Gasteiger partial charge in [-0.25, -0.2) is 0 Å². The Morgan fingerprint density at radius 1 is 1.39 bits per heavy atom. The van der Waals surface area contributed by atoms with Crippen molar-refractivity contribution in [2.24, 2.45) is 0 Å². The number of aromatic amines is 1. The molecule has 1 saturated carbocycles. The lowest BCUT2D eigenvalue weighted by atomic mass is 10.2. The standard InChI is InChI=1S/C15H12Cl2N4O2/c16-8-3-4-10-9(5-8)12(17)13(19-10)15(22)18-6-11-20-14(21-23-11)7-1-2-7/h3-5,7,19H,1-2,6H2,(H,18,22). The second-order valence-corrected chi connectivity index (χ2v) is 6.32. The molecular formula is C15H12Cl2N4O2. The number of halogens is 2. The highest BCUT2D eigenvalue weighted by Crippen LogP contribution is 2.38. The molecule has 2 N–H and O–H groups in total. The molecule has 1 amide bonds. The topological polar surface area (TPSA) is 83.8 Å². The summed E-state index contributed by atoms with van der Waals surface area (Å²) in [5.41, 5.74) is 1.03. The number of amides is 1. The molecule has 0 radical (unpaired) electrons. The predicted molar refractivity (Wildman–Crippen MR) is 85.8 cm³/mol. The molecule has 0 unspecified atom stereocenters. The largest absolute Gasteiger partial charge is 0.349 e. The van der Waals surface area contributed by atoms with Crippen molar-refractivity contribution in [2.75, 3.05) is 0 Å². The molecule has 6 nitrogen and oxygen atoms in total. The Kier molecular flexibility index (Phi) is 3.50. The minimum absolute atomic E-state index is 0.158. The van der Waals surface area contributed by atoms with Gasteiger partial charge in [0.15, 0.2) is 5.82 Å². The Morgan fingerprint density at radius 2 is 2.22 bits per heavy atom. The average Bonchev–Trinajstić information content (AvgIpc) is 3.20. The Morgan fingerprint density at radius 3 is 3.00 bits per heavy atom. The second-order valence-electron chi connectivity index (χ2n) is 5.51. The summed E-state index contributed by atoms with van der Waals surface area (Å²) >= 11 is 12.2. The maximum Gasteiger partial charge on any atom is 0.269 e. The fourth-order valence-corrected chi connectivity index (χ4v) is 2.84. The van der Waals surface area contributed by atoms with Crippen LogP contribution in [0, 0.1) is 0 Å². The highest BCUT2D eigenvalue weighted by atomic mass is 35.5. The van der Waals surface area contributed by atoms with Crippen LogP contribution in [0.15, 0.2) is 22.7 Å². The quantitative estimate of drug-likeness (QED) is 0.751. The van der Waals surface area contributed by atoms with Crippen LogP contribution in [0.5, 0.6) is 0 Å². The van der Waals surface area contributed by atoms with Gasteiger partial charge in [0.25, 0.3) is 5.91 Å².